The van der Waals surface area contributed by atoms with E-state index in [4.69, 9.17) is 15.2 Å². The minimum Gasteiger partial charge on any atom is -0.462 e. The zero-order chi connectivity index (χ0) is 14.5. The van der Waals surface area contributed by atoms with Crippen molar-refractivity contribution in [2.45, 2.75) is 38.7 Å². The second-order valence-electron chi connectivity index (χ2n) is 5.11. The molecule has 20 heavy (non-hydrogen) atoms. The SMILES string of the molecule is Cc1cc(N)cc(C(=O)OCCCC2CCCO2)c1F. The van der Waals surface area contributed by atoms with Crippen molar-refractivity contribution in [3.63, 3.8) is 0 Å². The van der Waals surface area contributed by atoms with E-state index in [0.29, 0.717) is 11.3 Å². The predicted octanol–water partition coefficient (Wildman–Crippen LogP) is 2.83. The van der Waals surface area contributed by atoms with Gasteiger partial charge >= 0.3 is 5.97 Å². The van der Waals surface area contributed by atoms with Gasteiger partial charge in [-0.05, 0) is 50.3 Å². The van der Waals surface area contributed by atoms with Crippen LogP contribution in [-0.2, 0) is 9.47 Å². The topological polar surface area (TPSA) is 61.6 Å². The van der Waals surface area contributed by atoms with Crippen molar-refractivity contribution in [1.82, 2.24) is 0 Å². The average molecular weight is 281 g/mol. The Labute approximate surface area is 118 Å². The maximum absolute atomic E-state index is 13.8. The van der Waals surface area contributed by atoms with Crippen LogP contribution in [0.2, 0.25) is 0 Å². The highest BCUT2D eigenvalue weighted by Crippen LogP contribution is 2.19. The molecule has 2 N–H and O–H groups in total. The summed E-state index contributed by atoms with van der Waals surface area (Å²) in [5.41, 5.74) is 6.22. The van der Waals surface area contributed by atoms with E-state index in [1.54, 1.807) is 6.92 Å². The van der Waals surface area contributed by atoms with Crippen LogP contribution in [0.4, 0.5) is 10.1 Å². The van der Waals surface area contributed by atoms with Crippen LogP contribution >= 0.6 is 0 Å². The first-order chi connectivity index (χ1) is 9.58. The number of benzene rings is 1. The maximum atomic E-state index is 13.8. The van der Waals surface area contributed by atoms with E-state index in [9.17, 15) is 9.18 Å². The van der Waals surface area contributed by atoms with Crippen molar-refractivity contribution in [3.05, 3.63) is 29.1 Å². The lowest BCUT2D eigenvalue weighted by Crippen LogP contribution is -2.12. The summed E-state index contributed by atoms with van der Waals surface area (Å²) < 4.78 is 24.4. The lowest BCUT2D eigenvalue weighted by molar-refractivity contribution is 0.0456. The Morgan fingerprint density at radius 1 is 1.55 bits per heavy atom. The number of nitrogens with two attached hydrogens (primary N) is 1. The fourth-order valence-corrected chi connectivity index (χ4v) is 2.37. The van der Waals surface area contributed by atoms with Crippen LogP contribution in [-0.4, -0.2) is 25.3 Å². The lowest BCUT2D eigenvalue weighted by atomic mass is 10.1. The van der Waals surface area contributed by atoms with Crippen molar-refractivity contribution >= 4 is 11.7 Å². The number of ether oxygens (including phenoxy) is 2. The monoisotopic (exact) mass is 281 g/mol. The number of carbonyl (C=O) groups is 1. The summed E-state index contributed by atoms with van der Waals surface area (Å²) >= 11 is 0. The van der Waals surface area contributed by atoms with Gasteiger partial charge in [-0.15, -0.1) is 0 Å². The smallest absolute Gasteiger partial charge is 0.341 e. The van der Waals surface area contributed by atoms with Gasteiger partial charge in [-0.1, -0.05) is 0 Å². The van der Waals surface area contributed by atoms with Gasteiger partial charge in [-0.2, -0.15) is 0 Å². The third kappa shape index (κ3) is 3.70. The van der Waals surface area contributed by atoms with Crippen LogP contribution < -0.4 is 5.73 Å². The van der Waals surface area contributed by atoms with Crippen molar-refractivity contribution in [2.24, 2.45) is 0 Å². The Kier molecular flexibility index (Phi) is 4.95. The van der Waals surface area contributed by atoms with Gasteiger partial charge in [-0.3, -0.25) is 0 Å². The fourth-order valence-electron chi connectivity index (χ4n) is 2.37. The van der Waals surface area contributed by atoms with Crippen LogP contribution in [0.25, 0.3) is 0 Å². The number of halogens is 1. The molecular weight excluding hydrogens is 261 g/mol. The normalized spacial score (nSPS) is 18.2. The molecule has 1 unspecified atom stereocenters. The molecule has 110 valence electrons. The van der Waals surface area contributed by atoms with Crippen LogP contribution in [0, 0.1) is 12.7 Å². The molecule has 0 bridgehead atoms. The molecule has 0 spiro atoms. The molecule has 0 radical (unpaired) electrons. The number of nitrogen functional groups attached to an aromatic ring is 1. The molecule has 1 heterocycles. The molecule has 0 amide bonds. The quantitative estimate of drug-likeness (QED) is 0.512. The summed E-state index contributed by atoms with van der Waals surface area (Å²) in [5.74, 6) is -1.23. The van der Waals surface area contributed by atoms with E-state index < -0.39 is 11.8 Å². The van der Waals surface area contributed by atoms with Gasteiger partial charge in [0.25, 0.3) is 0 Å². The highest BCUT2D eigenvalue weighted by molar-refractivity contribution is 5.91. The van der Waals surface area contributed by atoms with Gasteiger partial charge in [0.1, 0.15) is 5.82 Å². The van der Waals surface area contributed by atoms with E-state index in [-0.39, 0.29) is 18.3 Å². The number of hydrogen-bond acceptors (Lipinski definition) is 4. The molecule has 1 fully saturated rings. The first-order valence-electron chi connectivity index (χ1n) is 6.92. The minimum atomic E-state index is -0.662. The average Bonchev–Trinajstić information content (AvgIpc) is 2.91. The summed E-state index contributed by atoms with van der Waals surface area (Å²) in [7, 11) is 0. The summed E-state index contributed by atoms with van der Waals surface area (Å²) in [6, 6.07) is 2.80. The van der Waals surface area contributed by atoms with E-state index in [0.717, 1.165) is 32.3 Å². The molecule has 1 aromatic carbocycles. The number of rotatable bonds is 5. The third-order valence-corrected chi connectivity index (χ3v) is 3.42. The van der Waals surface area contributed by atoms with Gasteiger partial charge < -0.3 is 15.2 Å². The second-order valence-corrected chi connectivity index (χ2v) is 5.11. The van der Waals surface area contributed by atoms with Crippen LogP contribution in [0.15, 0.2) is 12.1 Å². The van der Waals surface area contributed by atoms with E-state index in [1.165, 1.54) is 12.1 Å². The standard InChI is InChI=1S/C15H20FNO3/c1-10-8-11(17)9-13(14(10)16)15(18)20-7-3-5-12-4-2-6-19-12/h8-9,12H,2-7,17H2,1H3. The Hall–Kier alpha value is -1.62. The maximum Gasteiger partial charge on any atom is 0.341 e. The molecular formula is C15H20FNO3. The van der Waals surface area contributed by atoms with Gasteiger partial charge in [-0.25, -0.2) is 9.18 Å². The number of hydrogen-bond donors (Lipinski definition) is 1. The number of anilines is 1. The first kappa shape index (κ1) is 14.8. The Morgan fingerprint density at radius 3 is 3.05 bits per heavy atom. The van der Waals surface area contributed by atoms with E-state index in [2.05, 4.69) is 0 Å². The molecule has 1 aromatic rings. The summed E-state index contributed by atoms with van der Waals surface area (Å²) in [4.78, 5) is 11.8. The Balaban J connectivity index is 1.82. The van der Waals surface area contributed by atoms with Crippen molar-refractivity contribution in [1.29, 1.82) is 0 Å². The molecule has 0 aromatic heterocycles. The molecule has 1 aliphatic rings. The van der Waals surface area contributed by atoms with Crippen molar-refractivity contribution in [2.75, 3.05) is 18.9 Å². The zero-order valence-electron chi connectivity index (χ0n) is 11.7. The molecule has 0 aliphatic carbocycles. The largest absolute Gasteiger partial charge is 0.462 e. The highest BCUT2D eigenvalue weighted by Gasteiger charge is 2.17. The first-order valence-corrected chi connectivity index (χ1v) is 6.92. The van der Waals surface area contributed by atoms with Crippen LogP contribution in [0.3, 0.4) is 0 Å². The minimum absolute atomic E-state index is 0.0976. The molecule has 2 rings (SSSR count). The molecule has 4 nitrogen and oxygen atoms in total. The summed E-state index contributed by atoms with van der Waals surface area (Å²) in [5, 5.41) is 0. The van der Waals surface area contributed by atoms with Crippen LogP contribution in [0.1, 0.15) is 41.6 Å². The number of esters is 1. The van der Waals surface area contributed by atoms with Gasteiger partial charge in [0.05, 0.1) is 18.3 Å². The highest BCUT2D eigenvalue weighted by atomic mass is 19.1. The number of aryl methyl sites for hydroxylation is 1. The molecule has 0 saturated carbocycles. The Bertz CT molecular complexity index is 484. The van der Waals surface area contributed by atoms with Crippen molar-refractivity contribution in [3.8, 4) is 0 Å². The van der Waals surface area contributed by atoms with Crippen molar-refractivity contribution < 1.29 is 18.7 Å². The zero-order valence-corrected chi connectivity index (χ0v) is 11.7. The molecule has 1 saturated heterocycles. The third-order valence-electron chi connectivity index (χ3n) is 3.42. The van der Waals surface area contributed by atoms with Gasteiger partial charge in [0.2, 0.25) is 0 Å². The van der Waals surface area contributed by atoms with Crippen LogP contribution in [0.5, 0.6) is 0 Å². The van der Waals surface area contributed by atoms with Gasteiger partial charge in [0.15, 0.2) is 0 Å². The van der Waals surface area contributed by atoms with E-state index >= 15 is 0 Å². The van der Waals surface area contributed by atoms with E-state index in [1.807, 2.05) is 0 Å². The number of carbonyl (C=O) groups excluding carboxylic acids is 1. The fraction of sp³-hybridized carbons (Fsp3) is 0.533. The molecule has 1 atom stereocenters. The predicted molar refractivity (Wildman–Crippen MR) is 74.0 cm³/mol. The second kappa shape index (κ2) is 6.70. The van der Waals surface area contributed by atoms with Gasteiger partial charge in [0, 0.05) is 12.3 Å². The molecule has 1 aliphatic heterocycles. The Morgan fingerprint density at radius 2 is 2.35 bits per heavy atom. The molecule has 5 heteroatoms. The summed E-state index contributed by atoms with van der Waals surface area (Å²) in [6.07, 6.45) is 4.03. The summed E-state index contributed by atoms with van der Waals surface area (Å²) in [6.45, 7) is 2.66. The lowest BCUT2D eigenvalue weighted by Gasteiger charge is -2.10.